The summed E-state index contributed by atoms with van der Waals surface area (Å²) in [5, 5.41) is 8.24. The van der Waals surface area contributed by atoms with Gasteiger partial charge in [-0.15, -0.1) is 0 Å². The van der Waals surface area contributed by atoms with E-state index in [1.165, 1.54) is 19.3 Å². The molecule has 3 aromatic heterocycles. The van der Waals surface area contributed by atoms with Crippen molar-refractivity contribution >= 4 is 5.82 Å². The Morgan fingerprint density at radius 2 is 1.73 bits per heavy atom. The van der Waals surface area contributed by atoms with Crippen molar-refractivity contribution in [3.8, 4) is 11.3 Å². The zero-order valence-electron chi connectivity index (χ0n) is 16.9. The van der Waals surface area contributed by atoms with Gasteiger partial charge in [0.15, 0.2) is 0 Å². The van der Waals surface area contributed by atoms with E-state index >= 15 is 0 Å². The number of hydrogen-bond donors (Lipinski definition) is 1. The van der Waals surface area contributed by atoms with Crippen molar-refractivity contribution in [3.63, 3.8) is 0 Å². The summed E-state index contributed by atoms with van der Waals surface area (Å²) in [6.45, 7) is 0. The van der Waals surface area contributed by atoms with Gasteiger partial charge in [0.05, 0.1) is 11.7 Å². The largest absolute Gasteiger partial charge is 0.367 e. The highest BCUT2D eigenvalue weighted by Crippen LogP contribution is 2.36. The molecule has 1 N–H and O–H groups in total. The fraction of sp³-hybridized carbons (Fsp3) is 0.435. The van der Waals surface area contributed by atoms with E-state index in [0.717, 1.165) is 48.5 Å². The molecule has 3 heterocycles. The lowest BCUT2D eigenvalue weighted by Crippen LogP contribution is -2.33. The Bertz CT molecular complexity index is 1050. The van der Waals surface area contributed by atoms with Gasteiger partial charge in [-0.1, -0.05) is 6.42 Å². The quantitative estimate of drug-likeness (QED) is 0.695. The van der Waals surface area contributed by atoms with Gasteiger partial charge in [0.1, 0.15) is 12.1 Å². The predicted octanol–water partition coefficient (Wildman–Crippen LogP) is 3.96. The van der Waals surface area contributed by atoms with Gasteiger partial charge in [-0.2, -0.15) is 5.10 Å². The summed E-state index contributed by atoms with van der Waals surface area (Å²) in [6.07, 6.45) is 12.8. The predicted molar refractivity (Wildman–Crippen MR) is 115 cm³/mol. The first-order valence-electron chi connectivity index (χ1n) is 10.8. The van der Waals surface area contributed by atoms with Crippen LogP contribution >= 0.6 is 0 Å². The summed E-state index contributed by atoms with van der Waals surface area (Å²) >= 11 is 0. The molecule has 2 aliphatic rings. The van der Waals surface area contributed by atoms with Crippen LogP contribution in [0.3, 0.4) is 0 Å². The minimum absolute atomic E-state index is 0.0369. The van der Waals surface area contributed by atoms with E-state index in [9.17, 15) is 4.79 Å². The third-order valence-electron chi connectivity index (χ3n) is 6.41. The molecule has 5 rings (SSSR count). The second-order valence-corrected chi connectivity index (χ2v) is 8.34. The summed E-state index contributed by atoms with van der Waals surface area (Å²) in [5.74, 6) is 1.53. The molecule has 0 bridgehead atoms. The Morgan fingerprint density at radius 1 is 0.933 bits per heavy atom. The van der Waals surface area contributed by atoms with Crippen LogP contribution in [-0.2, 0) is 0 Å². The maximum Gasteiger partial charge on any atom is 0.267 e. The molecule has 2 saturated carbocycles. The van der Waals surface area contributed by atoms with Crippen LogP contribution < -0.4 is 10.9 Å². The van der Waals surface area contributed by atoms with E-state index in [4.69, 9.17) is 0 Å². The summed E-state index contributed by atoms with van der Waals surface area (Å²) in [7, 11) is 0. The topological polar surface area (TPSA) is 85.6 Å². The summed E-state index contributed by atoms with van der Waals surface area (Å²) in [5.41, 5.74) is 2.91. The standard InChI is InChI=1S/C23H26N6O/c30-23-9-8-20(17-10-12-24-13-11-17)28-29(23)19-6-4-18(5-7-19)27-22-14-21(25-15-26-22)16-2-1-3-16/h8-16,18-19H,1-7H2,(H,25,26,27). The van der Waals surface area contributed by atoms with Gasteiger partial charge >= 0.3 is 0 Å². The summed E-state index contributed by atoms with van der Waals surface area (Å²) in [6, 6.07) is 9.85. The van der Waals surface area contributed by atoms with Crippen LogP contribution in [0.4, 0.5) is 5.82 Å². The number of anilines is 1. The molecule has 7 heteroatoms. The molecule has 0 saturated heterocycles. The molecule has 30 heavy (non-hydrogen) atoms. The molecule has 0 radical (unpaired) electrons. The first kappa shape index (κ1) is 18.9. The second-order valence-electron chi connectivity index (χ2n) is 8.34. The van der Waals surface area contributed by atoms with Gasteiger partial charge in [-0.25, -0.2) is 14.6 Å². The Labute approximate surface area is 175 Å². The minimum Gasteiger partial charge on any atom is -0.367 e. The lowest BCUT2D eigenvalue weighted by Gasteiger charge is -2.30. The van der Waals surface area contributed by atoms with Gasteiger partial charge in [-0.3, -0.25) is 9.78 Å². The molecule has 0 amide bonds. The van der Waals surface area contributed by atoms with Crippen LogP contribution in [0, 0.1) is 0 Å². The minimum atomic E-state index is -0.0369. The Hall–Kier alpha value is -3.09. The number of hydrogen-bond acceptors (Lipinski definition) is 6. The van der Waals surface area contributed by atoms with Crippen LogP contribution in [0.25, 0.3) is 11.3 Å². The van der Waals surface area contributed by atoms with Crippen LogP contribution in [0.15, 0.2) is 53.8 Å². The van der Waals surface area contributed by atoms with Crippen LogP contribution in [0.1, 0.15) is 62.6 Å². The highest BCUT2D eigenvalue weighted by atomic mass is 16.1. The summed E-state index contributed by atoms with van der Waals surface area (Å²) < 4.78 is 1.67. The van der Waals surface area contributed by atoms with Crippen molar-refractivity contribution in [2.45, 2.75) is 62.9 Å². The molecule has 0 spiro atoms. The van der Waals surface area contributed by atoms with Gasteiger partial charge in [0, 0.05) is 47.7 Å². The maximum absolute atomic E-state index is 12.5. The van der Waals surface area contributed by atoms with Crippen molar-refractivity contribution < 1.29 is 0 Å². The monoisotopic (exact) mass is 402 g/mol. The third-order valence-corrected chi connectivity index (χ3v) is 6.41. The molecule has 0 unspecified atom stereocenters. The Balaban J connectivity index is 1.25. The van der Waals surface area contributed by atoms with Crippen molar-refractivity contribution in [1.29, 1.82) is 0 Å². The molecule has 0 atom stereocenters. The summed E-state index contributed by atoms with van der Waals surface area (Å²) in [4.78, 5) is 25.4. The molecule has 0 aromatic carbocycles. The molecule has 154 valence electrons. The first-order valence-corrected chi connectivity index (χ1v) is 10.8. The average Bonchev–Trinajstić information content (AvgIpc) is 2.75. The lowest BCUT2D eigenvalue weighted by molar-refractivity contribution is 0.304. The van der Waals surface area contributed by atoms with Crippen LogP contribution in [0.2, 0.25) is 0 Å². The maximum atomic E-state index is 12.5. The van der Waals surface area contributed by atoms with Gasteiger partial charge in [0.2, 0.25) is 0 Å². The Kier molecular flexibility index (Phi) is 5.26. The van der Waals surface area contributed by atoms with E-state index in [1.807, 2.05) is 12.1 Å². The average molecular weight is 403 g/mol. The highest BCUT2D eigenvalue weighted by molar-refractivity contribution is 5.57. The second kappa shape index (κ2) is 8.34. The molecule has 2 fully saturated rings. The molecule has 3 aromatic rings. The number of nitrogens with zero attached hydrogens (tertiary/aromatic N) is 5. The SMILES string of the molecule is O=c1ccc(-c2ccncc2)nn1C1CCC(Nc2cc(C3CCC3)ncn2)CC1. The lowest BCUT2D eigenvalue weighted by atomic mass is 9.83. The van der Waals surface area contributed by atoms with Crippen molar-refractivity contribution in [1.82, 2.24) is 24.7 Å². The molecule has 2 aliphatic carbocycles. The van der Waals surface area contributed by atoms with Crippen molar-refractivity contribution in [2.75, 3.05) is 5.32 Å². The van der Waals surface area contributed by atoms with Gasteiger partial charge in [0.25, 0.3) is 5.56 Å². The fourth-order valence-electron chi connectivity index (χ4n) is 4.42. The van der Waals surface area contributed by atoms with Gasteiger partial charge < -0.3 is 5.32 Å². The molecule has 7 nitrogen and oxygen atoms in total. The van der Waals surface area contributed by atoms with Crippen molar-refractivity contribution in [2.24, 2.45) is 0 Å². The smallest absolute Gasteiger partial charge is 0.267 e. The highest BCUT2D eigenvalue weighted by Gasteiger charge is 2.25. The number of nitrogens with one attached hydrogen (secondary N) is 1. The Morgan fingerprint density at radius 3 is 2.47 bits per heavy atom. The number of pyridine rings is 1. The number of rotatable bonds is 5. The van der Waals surface area contributed by atoms with E-state index in [-0.39, 0.29) is 11.6 Å². The zero-order valence-corrected chi connectivity index (χ0v) is 16.9. The third kappa shape index (κ3) is 3.97. The molecular weight excluding hydrogens is 376 g/mol. The van der Waals surface area contributed by atoms with E-state index < -0.39 is 0 Å². The van der Waals surface area contributed by atoms with E-state index in [1.54, 1.807) is 35.5 Å². The van der Waals surface area contributed by atoms with Crippen LogP contribution in [-0.4, -0.2) is 30.8 Å². The fourth-order valence-corrected chi connectivity index (χ4v) is 4.42. The van der Waals surface area contributed by atoms with Crippen molar-refractivity contribution in [3.05, 3.63) is 65.1 Å². The molecule has 0 aliphatic heterocycles. The number of aromatic nitrogens is 5. The molecular formula is C23H26N6O. The first-order chi connectivity index (χ1) is 14.8. The van der Waals surface area contributed by atoms with E-state index in [2.05, 4.69) is 31.4 Å². The van der Waals surface area contributed by atoms with Gasteiger partial charge in [-0.05, 0) is 56.7 Å². The van der Waals surface area contributed by atoms with Crippen LogP contribution in [0.5, 0.6) is 0 Å². The van der Waals surface area contributed by atoms with E-state index in [0.29, 0.717) is 12.0 Å². The normalized spacial score (nSPS) is 21.7. The zero-order chi connectivity index (χ0) is 20.3.